The first-order chi connectivity index (χ1) is 13.7. The fraction of sp³-hybridized carbons (Fsp3) is 0.217. The summed E-state index contributed by atoms with van der Waals surface area (Å²) in [7, 11) is 0. The zero-order valence-electron chi connectivity index (χ0n) is 15.9. The van der Waals surface area contributed by atoms with Crippen molar-refractivity contribution in [2.24, 2.45) is 0 Å². The Morgan fingerprint density at radius 3 is 2.82 bits per heavy atom. The van der Waals surface area contributed by atoms with E-state index in [1.807, 2.05) is 42.4 Å². The van der Waals surface area contributed by atoms with Crippen molar-refractivity contribution in [3.8, 4) is 0 Å². The van der Waals surface area contributed by atoms with E-state index in [9.17, 15) is 4.79 Å². The number of aryl methyl sites for hydroxylation is 3. The SMILES string of the molecule is Cc1ccc(C(=O)CN2C=CCC(c3cc(CCc4ccccc4)n[nH]3)=C2)s1. The second-order valence-corrected chi connectivity index (χ2v) is 8.30. The fourth-order valence-electron chi connectivity index (χ4n) is 3.29. The number of allylic oxidation sites excluding steroid dienone is 2. The summed E-state index contributed by atoms with van der Waals surface area (Å²) >= 11 is 1.55. The first-order valence-electron chi connectivity index (χ1n) is 9.49. The molecule has 0 atom stereocenters. The third-order valence-electron chi connectivity index (χ3n) is 4.79. The summed E-state index contributed by atoms with van der Waals surface area (Å²) < 4.78 is 0. The molecule has 5 heteroatoms. The van der Waals surface area contributed by atoms with Crippen molar-refractivity contribution in [2.45, 2.75) is 26.2 Å². The molecule has 0 saturated heterocycles. The molecule has 2 aromatic heterocycles. The predicted octanol–water partition coefficient (Wildman–Crippen LogP) is 5.01. The Morgan fingerprint density at radius 2 is 2.04 bits per heavy atom. The van der Waals surface area contributed by atoms with Crippen LogP contribution in [0.3, 0.4) is 0 Å². The van der Waals surface area contributed by atoms with Gasteiger partial charge >= 0.3 is 0 Å². The van der Waals surface area contributed by atoms with E-state index < -0.39 is 0 Å². The van der Waals surface area contributed by atoms with Crippen LogP contribution in [0.2, 0.25) is 0 Å². The van der Waals surface area contributed by atoms with E-state index in [1.165, 1.54) is 5.56 Å². The van der Waals surface area contributed by atoms with Gasteiger partial charge in [-0.25, -0.2) is 0 Å². The van der Waals surface area contributed by atoms with E-state index in [0.29, 0.717) is 6.54 Å². The highest BCUT2D eigenvalue weighted by molar-refractivity contribution is 7.14. The predicted molar refractivity (Wildman–Crippen MR) is 114 cm³/mol. The molecule has 0 bridgehead atoms. The lowest BCUT2D eigenvalue weighted by Gasteiger charge is -2.20. The number of aromatic amines is 1. The number of benzene rings is 1. The molecule has 4 rings (SSSR count). The summed E-state index contributed by atoms with van der Waals surface area (Å²) in [5, 5.41) is 7.63. The van der Waals surface area contributed by atoms with Gasteiger partial charge in [-0.3, -0.25) is 9.89 Å². The Kier molecular flexibility index (Phi) is 5.53. The van der Waals surface area contributed by atoms with Crippen LogP contribution in [0, 0.1) is 6.92 Å². The van der Waals surface area contributed by atoms with Crippen molar-refractivity contribution < 1.29 is 4.79 Å². The lowest BCUT2D eigenvalue weighted by atomic mass is 10.1. The Balaban J connectivity index is 1.40. The largest absolute Gasteiger partial charge is 0.346 e. The molecule has 0 radical (unpaired) electrons. The van der Waals surface area contributed by atoms with Gasteiger partial charge in [-0.2, -0.15) is 5.10 Å². The normalized spacial score (nSPS) is 13.6. The van der Waals surface area contributed by atoms with Gasteiger partial charge in [-0.15, -0.1) is 11.3 Å². The van der Waals surface area contributed by atoms with E-state index >= 15 is 0 Å². The first kappa shape index (κ1) is 18.4. The number of H-pyrrole nitrogens is 1. The third-order valence-corrected chi connectivity index (χ3v) is 5.83. The van der Waals surface area contributed by atoms with E-state index in [2.05, 4.69) is 46.6 Å². The summed E-state index contributed by atoms with van der Waals surface area (Å²) in [6, 6.07) is 16.5. The minimum Gasteiger partial charge on any atom is -0.346 e. The van der Waals surface area contributed by atoms with Gasteiger partial charge in [0.25, 0.3) is 0 Å². The highest BCUT2D eigenvalue weighted by Crippen LogP contribution is 2.23. The highest BCUT2D eigenvalue weighted by Gasteiger charge is 2.15. The quantitative estimate of drug-likeness (QED) is 0.578. The van der Waals surface area contributed by atoms with Crippen molar-refractivity contribution >= 4 is 22.7 Å². The van der Waals surface area contributed by atoms with Crippen molar-refractivity contribution in [1.82, 2.24) is 15.1 Å². The van der Waals surface area contributed by atoms with Crippen LogP contribution in [0.5, 0.6) is 0 Å². The molecule has 0 spiro atoms. The monoisotopic (exact) mass is 389 g/mol. The van der Waals surface area contributed by atoms with Gasteiger partial charge in [0.15, 0.2) is 5.78 Å². The minimum absolute atomic E-state index is 0.147. The van der Waals surface area contributed by atoms with Crippen molar-refractivity contribution in [3.63, 3.8) is 0 Å². The molecular weight excluding hydrogens is 366 g/mol. The number of Topliss-reactive ketones (excluding diaryl/α,β-unsaturated/α-hetero) is 1. The standard InChI is InChI=1S/C23H23N3OS/c1-17-9-12-23(28-17)22(27)16-26-13-5-8-19(15-26)21-14-20(24-25-21)11-10-18-6-3-2-4-7-18/h2-7,9,12-15H,8,10-11,16H2,1H3,(H,24,25). The second kappa shape index (κ2) is 8.40. The van der Waals surface area contributed by atoms with Crippen molar-refractivity contribution in [1.29, 1.82) is 0 Å². The molecule has 1 N–H and O–H groups in total. The number of nitrogens with one attached hydrogen (secondary N) is 1. The molecule has 0 unspecified atom stereocenters. The van der Waals surface area contributed by atoms with Crippen LogP contribution >= 0.6 is 11.3 Å². The molecule has 3 heterocycles. The van der Waals surface area contributed by atoms with Crippen LogP contribution in [0.15, 0.2) is 67.0 Å². The number of carbonyl (C=O) groups is 1. The number of ketones is 1. The minimum atomic E-state index is 0.147. The molecule has 1 aromatic carbocycles. The fourth-order valence-corrected chi connectivity index (χ4v) is 4.09. The first-order valence-corrected chi connectivity index (χ1v) is 10.3. The number of aromatic nitrogens is 2. The van der Waals surface area contributed by atoms with E-state index in [4.69, 9.17) is 0 Å². The molecule has 142 valence electrons. The summed E-state index contributed by atoms with van der Waals surface area (Å²) in [4.78, 5) is 16.4. The number of rotatable bonds is 7. The van der Waals surface area contributed by atoms with E-state index in [0.717, 1.165) is 46.0 Å². The summed E-state index contributed by atoms with van der Waals surface area (Å²) in [6.07, 6.45) is 8.84. The number of hydrogen-bond donors (Lipinski definition) is 1. The zero-order chi connectivity index (χ0) is 19.3. The van der Waals surface area contributed by atoms with E-state index in [-0.39, 0.29) is 5.78 Å². The van der Waals surface area contributed by atoms with Crippen LogP contribution in [0.25, 0.3) is 5.57 Å². The van der Waals surface area contributed by atoms with Gasteiger partial charge in [0, 0.05) is 17.3 Å². The average molecular weight is 390 g/mol. The van der Waals surface area contributed by atoms with Crippen LogP contribution in [0.4, 0.5) is 0 Å². The Bertz CT molecular complexity index is 1010. The molecule has 3 aromatic rings. The number of carbonyl (C=O) groups excluding carboxylic acids is 1. The number of hydrogen-bond acceptors (Lipinski definition) is 4. The van der Waals surface area contributed by atoms with Crippen molar-refractivity contribution in [2.75, 3.05) is 6.54 Å². The number of nitrogens with zero attached hydrogens (tertiary/aromatic N) is 2. The molecule has 28 heavy (non-hydrogen) atoms. The van der Waals surface area contributed by atoms with Crippen LogP contribution in [-0.2, 0) is 12.8 Å². The summed E-state index contributed by atoms with van der Waals surface area (Å²) in [5.74, 6) is 0.147. The molecule has 0 aliphatic carbocycles. The summed E-state index contributed by atoms with van der Waals surface area (Å²) in [5.41, 5.74) is 4.55. The molecule has 0 fully saturated rings. The molecule has 0 amide bonds. The van der Waals surface area contributed by atoms with E-state index in [1.54, 1.807) is 11.3 Å². The maximum Gasteiger partial charge on any atom is 0.192 e. The van der Waals surface area contributed by atoms with Crippen LogP contribution in [-0.4, -0.2) is 27.4 Å². The van der Waals surface area contributed by atoms with Crippen molar-refractivity contribution in [3.05, 3.63) is 93.7 Å². The Hall–Kier alpha value is -2.92. The topological polar surface area (TPSA) is 49.0 Å². The van der Waals surface area contributed by atoms with Crippen LogP contribution < -0.4 is 0 Å². The molecule has 1 aliphatic heterocycles. The Morgan fingerprint density at radius 1 is 1.18 bits per heavy atom. The molecule has 1 aliphatic rings. The van der Waals surface area contributed by atoms with Crippen LogP contribution in [0.1, 0.15) is 37.9 Å². The van der Waals surface area contributed by atoms with Gasteiger partial charge in [0.1, 0.15) is 0 Å². The molecule has 4 nitrogen and oxygen atoms in total. The van der Waals surface area contributed by atoms with Gasteiger partial charge < -0.3 is 4.90 Å². The second-order valence-electron chi connectivity index (χ2n) is 7.01. The number of thiophene rings is 1. The molecular formula is C23H23N3OS. The smallest absolute Gasteiger partial charge is 0.192 e. The maximum atomic E-state index is 12.5. The van der Waals surface area contributed by atoms with Gasteiger partial charge in [0.05, 0.1) is 22.8 Å². The maximum absolute atomic E-state index is 12.5. The third kappa shape index (κ3) is 4.49. The van der Waals surface area contributed by atoms with Gasteiger partial charge in [0.2, 0.25) is 0 Å². The van der Waals surface area contributed by atoms with Gasteiger partial charge in [-0.05, 0) is 55.5 Å². The molecule has 0 saturated carbocycles. The highest BCUT2D eigenvalue weighted by atomic mass is 32.1. The lowest BCUT2D eigenvalue weighted by molar-refractivity contribution is 0.0973. The zero-order valence-corrected chi connectivity index (χ0v) is 16.7. The lowest BCUT2D eigenvalue weighted by Crippen LogP contribution is -2.21. The average Bonchev–Trinajstić information content (AvgIpc) is 3.37. The Labute approximate surface area is 169 Å². The van der Waals surface area contributed by atoms with Gasteiger partial charge in [-0.1, -0.05) is 36.4 Å². The summed E-state index contributed by atoms with van der Waals surface area (Å²) in [6.45, 7) is 2.38.